The van der Waals surface area contributed by atoms with Crippen LogP contribution in [0.3, 0.4) is 0 Å². The smallest absolute Gasteiger partial charge is 0.328 e. The van der Waals surface area contributed by atoms with Gasteiger partial charge in [-0.2, -0.15) is 0 Å². The number of H-pyrrole nitrogens is 1. The normalized spacial score (nSPS) is 22.5. The number of anilines is 1. The third kappa shape index (κ3) is 3.84. The Morgan fingerprint density at radius 2 is 1.46 bits per heavy atom. The molecule has 0 radical (unpaired) electrons. The van der Waals surface area contributed by atoms with Crippen LogP contribution in [-0.2, 0) is 23.4 Å². The highest BCUT2D eigenvalue weighted by atomic mass is 16.4. The Balaban J connectivity index is 1.38. The van der Waals surface area contributed by atoms with Crippen LogP contribution in [0.2, 0.25) is 0 Å². The van der Waals surface area contributed by atoms with Crippen molar-refractivity contribution >= 4 is 22.6 Å². The molecular formula is C34H31N3O2. The van der Waals surface area contributed by atoms with Gasteiger partial charge in [-0.05, 0) is 35.2 Å². The Labute approximate surface area is 228 Å². The SMILES string of the molecule is O=C(O)C1(c2c[nH]c3ccccc23)CC2c3ccccc3N(Cc3ccccc3)C2CN1Cc1ccccc1. The molecule has 7 rings (SSSR count). The Hall–Kier alpha value is -4.35. The van der Waals surface area contributed by atoms with Gasteiger partial charge in [0.2, 0.25) is 0 Å². The summed E-state index contributed by atoms with van der Waals surface area (Å²) < 4.78 is 0. The van der Waals surface area contributed by atoms with Gasteiger partial charge in [0, 0.05) is 59.9 Å². The Morgan fingerprint density at radius 1 is 0.821 bits per heavy atom. The molecule has 39 heavy (non-hydrogen) atoms. The van der Waals surface area contributed by atoms with Crippen LogP contribution in [0.25, 0.3) is 10.9 Å². The summed E-state index contributed by atoms with van der Waals surface area (Å²) in [6.07, 6.45) is 2.43. The molecule has 1 aromatic heterocycles. The summed E-state index contributed by atoms with van der Waals surface area (Å²) in [5.74, 6) is -0.692. The lowest BCUT2D eigenvalue weighted by Crippen LogP contribution is -2.61. The predicted molar refractivity (Wildman–Crippen MR) is 155 cm³/mol. The second-order valence-electron chi connectivity index (χ2n) is 10.8. The zero-order chi connectivity index (χ0) is 26.4. The van der Waals surface area contributed by atoms with Crippen LogP contribution in [0.15, 0.2) is 115 Å². The fourth-order valence-electron chi connectivity index (χ4n) is 6.98. The molecule has 0 spiro atoms. The average molecular weight is 514 g/mol. The van der Waals surface area contributed by atoms with Crippen molar-refractivity contribution in [3.8, 4) is 0 Å². The van der Waals surface area contributed by atoms with Gasteiger partial charge in [-0.25, -0.2) is 4.79 Å². The van der Waals surface area contributed by atoms with Gasteiger partial charge in [-0.15, -0.1) is 0 Å². The topological polar surface area (TPSA) is 59.6 Å². The number of likely N-dealkylation sites (tertiary alicyclic amines) is 1. The maximum Gasteiger partial charge on any atom is 0.328 e. The fraction of sp³-hybridized carbons (Fsp3) is 0.206. The van der Waals surface area contributed by atoms with Crippen molar-refractivity contribution in [3.05, 3.63) is 138 Å². The fourth-order valence-corrected chi connectivity index (χ4v) is 6.98. The average Bonchev–Trinajstić information content (AvgIpc) is 3.53. The summed E-state index contributed by atoms with van der Waals surface area (Å²) in [5.41, 5.74) is 5.48. The van der Waals surface area contributed by atoms with E-state index in [0.29, 0.717) is 19.5 Å². The van der Waals surface area contributed by atoms with E-state index in [4.69, 9.17) is 0 Å². The van der Waals surface area contributed by atoms with Gasteiger partial charge in [-0.3, -0.25) is 4.90 Å². The van der Waals surface area contributed by atoms with E-state index in [1.807, 2.05) is 48.7 Å². The number of rotatable bonds is 6. The van der Waals surface area contributed by atoms with Crippen LogP contribution < -0.4 is 4.90 Å². The van der Waals surface area contributed by atoms with Gasteiger partial charge in [0.1, 0.15) is 5.54 Å². The van der Waals surface area contributed by atoms with E-state index < -0.39 is 11.5 Å². The Morgan fingerprint density at radius 3 is 2.21 bits per heavy atom. The molecule has 0 bridgehead atoms. The molecule has 0 amide bonds. The zero-order valence-corrected chi connectivity index (χ0v) is 21.7. The van der Waals surface area contributed by atoms with E-state index >= 15 is 0 Å². The van der Waals surface area contributed by atoms with E-state index in [-0.39, 0.29) is 12.0 Å². The number of aromatic amines is 1. The number of carbonyl (C=O) groups is 1. The summed E-state index contributed by atoms with van der Waals surface area (Å²) >= 11 is 0. The second-order valence-corrected chi connectivity index (χ2v) is 10.8. The minimum atomic E-state index is -1.17. The summed E-state index contributed by atoms with van der Waals surface area (Å²) in [6.45, 7) is 2.00. The molecule has 5 heteroatoms. The van der Waals surface area contributed by atoms with Gasteiger partial charge < -0.3 is 15.0 Å². The lowest BCUT2D eigenvalue weighted by molar-refractivity contribution is -0.157. The molecule has 2 aliphatic rings. The van der Waals surface area contributed by atoms with Gasteiger partial charge >= 0.3 is 5.97 Å². The van der Waals surface area contributed by atoms with Gasteiger partial charge in [0.15, 0.2) is 0 Å². The van der Waals surface area contributed by atoms with Crippen molar-refractivity contribution in [3.63, 3.8) is 0 Å². The molecule has 1 fully saturated rings. The first-order valence-electron chi connectivity index (χ1n) is 13.6. The number of benzene rings is 4. The first-order chi connectivity index (χ1) is 19.1. The predicted octanol–water partition coefficient (Wildman–Crippen LogP) is 6.53. The maximum atomic E-state index is 13.6. The van der Waals surface area contributed by atoms with Crippen molar-refractivity contribution in [1.29, 1.82) is 0 Å². The van der Waals surface area contributed by atoms with E-state index in [9.17, 15) is 9.90 Å². The van der Waals surface area contributed by atoms with Crippen LogP contribution in [0.4, 0.5) is 5.69 Å². The molecule has 1 saturated heterocycles. The molecule has 3 heterocycles. The van der Waals surface area contributed by atoms with Gasteiger partial charge in [0.05, 0.1) is 0 Å². The lowest BCUT2D eigenvalue weighted by Gasteiger charge is -2.50. The standard InChI is InChI=1S/C34H31N3O2/c38-33(39)34(29-20-35-30-17-9-7-16-27(29)30)19-28-26-15-8-10-18-31(26)37(22-25-13-5-2-6-14-25)32(28)23-36(34)21-24-11-3-1-4-12-24/h1-18,20,28,32,35H,19,21-23H2,(H,38,39). The van der Waals surface area contributed by atoms with Gasteiger partial charge in [0.25, 0.3) is 0 Å². The highest BCUT2D eigenvalue weighted by Crippen LogP contribution is 2.54. The minimum absolute atomic E-state index is 0.0988. The molecule has 4 aromatic carbocycles. The monoisotopic (exact) mass is 513 g/mol. The van der Waals surface area contributed by atoms with Crippen molar-refractivity contribution in [2.75, 3.05) is 11.4 Å². The van der Waals surface area contributed by atoms with Crippen LogP contribution >= 0.6 is 0 Å². The first-order valence-corrected chi connectivity index (χ1v) is 13.6. The largest absolute Gasteiger partial charge is 0.480 e. The van der Waals surface area contributed by atoms with Crippen LogP contribution in [0.1, 0.15) is 34.6 Å². The molecule has 5 aromatic rings. The van der Waals surface area contributed by atoms with Crippen LogP contribution in [0.5, 0.6) is 0 Å². The molecular weight excluding hydrogens is 482 g/mol. The zero-order valence-electron chi connectivity index (χ0n) is 21.7. The number of carboxylic acid groups (broad SMARTS) is 1. The quantitative estimate of drug-likeness (QED) is 0.271. The Kier molecular flexibility index (Phi) is 5.75. The lowest BCUT2D eigenvalue weighted by atomic mass is 9.72. The molecule has 2 aliphatic heterocycles. The van der Waals surface area contributed by atoms with E-state index in [2.05, 4.69) is 81.5 Å². The molecule has 3 unspecified atom stereocenters. The van der Waals surface area contributed by atoms with Crippen molar-refractivity contribution in [2.24, 2.45) is 0 Å². The van der Waals surface area contributed by atoms with Crippen LogP contribution in [-0.4, -0.2) is 33.5 Å². The number of para-hydroxylation sites is 2. The molecule has 0 saturated carbocycles. The second kappa shape index (κ2) is 9.44. The number of hydrogen-bond donors (Lipinski definition) is 2. The molecule has 2 N–H and O–H groups in total. The van der Waals surface area contributed by atoms with E-state index in [1.54, 1.807) is 0 Å². The van der Waals surface area contributed by atoms with Crippen molar-refractivity contribution < 1.29 is 9.90 Å². The molecule has 0 aliphatic carbocycles. The third-order valence-electron chi connectivity index (χ3n) is 8.77. The third-order valence-corrected chi connectivity index (χ3v) is 8.77. The Bertz CT molecular complexity index is 1630. The summed E-state index contributed by atoms with van der Waals surface area (Å²) in [4.78, 5) is 21.7. The molecule has 5 nitrogen and oxygen atoms in total. The summed E-state index contributed by atoms with van der Waals surface area (Å²) in [6, 6.07) is 37.6. The first kappa shape index (κ1) is 23.7. The van der Waals surface area contributed by atoms with Crippen LogP contribution in [0, 0.1) is 0 Å². The maximum absolute atomic E-state index is 13.6. The summed E-state index contributed by atoms with van der Waals surface area (Å²) in [7, 11) is 0. The van der Waals surface area contributed by atoms with E-state index in [0.717, 1.165) is 28.6 Å². The number of carboxylic acids is 1. The minimum Gasteiger partial charge on any atom is -0.480 e. The van der Waals surface area contributed by atoms with Crippen molar-refractivity contribution in [2.45, 2.75) is 37.0 Å². The highest BCUT2D eigenvalue weighted by Gasteiger charge is 2.57. The summed E-state index contributed by atoms with van der Waals surface area (Å²) in [5, 5.41) is 12.1. The number of hydrogen-bond acceptors (Lipinski definition) is 3. The number of nitrogens with one attached hydrogen (secondary N) is 1. The number of nitrogens with zero attached hydrogens (tertiary/aromatic N) is 2. The number of fused-ring (bicyclic) bond motifs is 4. The number of aromatic nitrogens is 1. The van der Waals surface area contributed by atoms with E-state index in [1.165, 1.54) is 16.8 Å². The van der Waals surface area contributed by atoms with Gasteiger partial charge in [-0.1, -0.05) is 97.1 Å². The molecule has 194 valence electrons. The van der Waals surface area contributed by atoms with Crippen molar-refractivity contribution in [1.82, 2.24) is 9.88 Å². The number of aliphatic carboxylic acids is 1. The molecule has 3 atom stereocenters. The number of piperidine rings is 1. The highest BCUT2D eigenvalue weighted by molar-refractivity contribution is 5.92.